The van der Waals surface area contributed by atoms with Crippen LogP contribution in [0.1, 0.15) is 50.9 Å². The van der Waals surface area contributed by atoms with E-state index in [2.05, 4.69) is 38.2 Å². The minimum Gasteiger partial charge on any atom is -0.462 e. The molecule has 0 amide bonds. The van der Waals surface area contributed by atoms with Crippen molar-refractivity contribution in [2.45, 2.75) is 40.5 Å². The van der Waals surface area contributed by atoms with E-state index in [4.69, 9.17) is 4.74 Å². The minimum atomic E-state index is -0.278. The third kappa shape index (κ3) is 7.11. The SMILES string of the molecule is CCOC(=O)c1cccc(NCC=C(C)CCC=C(C)C)c1. The minimum absolute atomic E-state index is 0.278. The fourth-order valence-corrected chi connectivity index (χ4v) is 2.00. The highest BCUT2D eigenvalue weighted by atomic mass is 16.5. The zero-order valence-corrected chi connectivity index (χ0v) is 14.1. The number of nitrogens with one attached hydrogen (secondary N) is 1. The molecule has 1 aromatic rings. The van der Waals surface area contributed by atoms with Crippen LogP contribution in [0.15, 0.2) is 47.6 Å². The third-order valence-corrected chi connectivity index (χ3v) is 3.22. The maximum absolute atomic E-state index is 11.7. The molecule has 0 aliphatic heterocycles. The van der Waals surface area contributed by atoms with E-state index in [0.29, 0.717) is 12.2 Å². The number of carbonyl (C=O) groups is 1. The number of ether oxygens (including phenoxy) is 1. The van der Waals surface area contributed by atoms with Gasteiger partial charge in [-0.1, -0.05) is 29.4 Å². The van der Waals surface area contributed by atoms with Crippen LogP contribution in [0.25, 0.3) is 0 Å². The van der Waals surface area contributed by atoms with Crippen molar-refractivity contribution in [3.05, 3.63) is 53.1 Å². The third-order valence-electron chi connectivity index (χ3n) is 3.22. The summed E-state index contributed by atoms with van der Waals surface area (Å²) in [5.41, 5.74) is 4.24. The summed E-state index contributed by atoms with van der Waals surface area (Å²) in [7, 11) is 0. The summed E-state index contributed by atoms with van der Waals surface area (Å²) in [6.07, 6.45) is 6.61. The van der Waals surface area contributed by atoms with Gasteiger partial charge in [-0.15, -0.1) is 0 Å². The summed E-state index contributed by atoms with van der Waals surface area (Å²) in [6.45, 7) is 9.35. The van der Waals surface area contributed by atoms with Gasteiger partial charge in [0, 0.05) is 12.2 Å². The van der Waals surface area contributed by atoms with Crippen molar-refractivity contribution in [2.24, 2.45) is 0 Å². The zero-order chi connectivity index (χ0) is 16.4. The summed E-state index contributed by atoms with van der Waals surface area (Å²) in [5, 5.41) is 3.31. The van der Waals surface area contributed by atoms with E-state index in [9.17, 15) is 4.79 Å². The van der Waals surface area contributed by atoms with Crippen molar-refractivity contribution < 1.29 is 9.53 Å². The highest BCUT2D eigenvalue weighted by Gasteiger charge is 2.05. The first kappa shape index (κ1) is 18.0. The van der Waals surface area contributed by atoms with Gasteiger partial charge in [-0.05, 0) is 58.7 Å². The maximum Gasteiger partial charge on any atom is 0.338 e. The van der Waals surface area contributed by atoms with E-state index in [0.717, 1.165) is 25.1 Å². The lowest BCUT2D eigenvalue weighted by atomic mass is 10.1. The molecule has 0 aromatic heterocycles. The lowest BCUT2D eigenvalue weighted by Gasteiger charge is -2.07. The number of anilines is 1. The Hall–Kier alpha value is -2.03. The molecule has 0 saturated carbocycles. The topological polar surface area (TPSA) is 38.3 Å². The zero-order valence-electron chi connectivity index (χ0n) is 14.1. The Bertz CT molecular complexity index is 540. The molecule has 0 spiro atoms. The summed E-state index contributed by atoms with van der Waals surface area (Å²) < 4.78 is 5.01. The molecule has 0 saturated heterocycles. The van der Waals surface area contributed by atoms with Gasteiger partial charge < -0.3 is 10.1 Å². The van der Waals surface area contributed by atoms with Gasteiger partial charge in [0.1, 0.15) is 0 Å². The Balaban J connectivity index is 2.49. The normalized spacial score (nSPS) is 11.0. The van der Waals surface area contributed by atoms with Crippen LogP contribution in [0.3, 0.4) is 0 Å². The fraction of sp³-hybridized carbons (Fsp3) is 0.421. The van der Waals surface area contributed by atoms with Gasteiger partial charge in [0.2, 0.25) is 0 Å². The predicted molar refractivity (Wildman–Crippen MR) is 93.3 cm³/mol. The quantitative estimate of drug-likeness (QED) is 0.544. The van der Waals surface area contributed by atoms with E-state index in [1.165, 1.54) is 11.1 Å². The van der Waals surface area contributed by atoms with Gasteiger partial charge >= 0.3 is 5.97 Å². The lowest BCUT2D eigenvalue weighted by molar-refractivity contribution is 0.0526. The van der Waals surface area contributed by atoms with Gasteiger partial charge in [-0.25, -0.2) is 4.79 Å². The van der Waals surface area contributed by atoms with E-state index in [-0.39, 0.29) is 5.97 Å². The largest absolute Gasteiger partial charge is 0.462 e. The summed E-state index contributed by atoms with van der Waals surface area (Å²) in [5.74, 6) is -0.278. The Morgan fingerprint density at radius 3 is 2.68 bits per heavy atom. The number of benzene rings is 1. The van der Waals surface area contributed by atoms with Crippen LogP contribution in [-0.4, -0.2) is 19.1 Å². The van der Waals surface area contributed by atoms with Gasteiger partial charge in [-0.3, -0.25) is 0 Å². The Morgan fingerprint density at radius 1 is 1.23 bits per heavy atom. The average Bonchev–Trinajstić information content (AvgIpc) is 2.47. The summed E-state index contributed by atoms with van der Waals surface area (Å²) in [4.78, 5) is 11.7. The molecule has 22 heavy (non-hydrogen) atoms. The molecule has 1 rings (SSSR count). The number of rotatable bonds is 8. The molecule has 1 N–H and O–H groups in total. The second-order valence-corrected chi connectivity index (χ2v) is 5.55. The molecule has 0 aliphatic carbocycles. The highest BCUT2D eigenvalue weighted by molar-refractivity contribution is 5.90. The second-order valence-electron chi connectivity index (χ2n) is 5.55. The molecule has 0 radical (unpaired) electrons. The Labute approximate surface area is 134 Å². The summed E-state index contributed by atoms with van der Waals surface area (Å²) in [6, 6.07) is 7.41. The molecule has 0 aliphatic rings. The average molecular weight is 301 g/mol. The fourth-order valence-electron chi connectivity index (χ4n) is 2.00. The maximum atomic E-state index is 11.7. The van der Waals surface area contributed by atoms with Crippen LogP contribution in [0.4, 0.5) is 5.69 Å². The first-order valence-corrected chi connectivity index (χ1v) is 7.83. The first-order valence-electron chi connectivity index (χ1n) is 7.83. The van der Waals surface area contributed by atoms with Crippen LogP contribution in [0.5, 0.6) is 0 Å². The van der Waals surface area contributed by atoms with E-state index in [1.54, 1.807) is 6.07 Å². The van der Waals surface area contributed by atoms with Crippen LogP contribution in [-0.2, 0) is 4.74 Å². The van der Waals surface area contributed by atoms with Crippen LogP contribution in [0.2, 0.25) is 0 Å². The predicted octanol–water partition coefficient (Wildman–Crippen LogP) is 4.97. The van der Waals surface area contributed by atoms with Crippen LogP contribution >= 0.6 is 0 Å². The van der Waals surface area contributed by atoms with Crippen LogP contribution < -0.4 is 5.32 Å². The molecule has 120 valence electrons. The molecular formula is C19H27NO2. The van der Waals surface area contributed by atoms with Crippen molar-refractivity contribution >= 4 is 11.7 Å². The molecule has 0 bridgehead atoms. The molecule has 3 heteroatoms. The van der Waals surface area contributed by atoms with E-state index in [1.807, 2.05) is 25.1 Å². The summed E-state index contributed by atoms with van der Waals surface area (Å²) >= 11 is 0. The van der Waals surface area contributed by atoms with Gasteiger partial charge in [0.05, 0.1) is 12.2 Å². The first-order chi connectivity index (χ1) is 10.5. The lowest BCUT2D eigenvalue weighted by Crippen LogP contribution is -2.06. The standard InChI is InChI=1S/C19H27NO2/c1-5-22-19(21)17-10-7-11-18(14-17)20-13-12-16(4)9-6-8-15(2)3/h7-8,10-12,14,20H,5-6,9,13H2,1-4H3. The van der Waals surface area contributed by atoms with Crippen LogP contribution in [0, 0.1) is 0 Å². The molecule has 0 atom stereocenters. The van der Waals surface area contributed by atoms with Crippen molar-refractivity contribution in [3.8, 4) is 0 Å². The van der Waals surface area contributed by atoms with Gasteiger partial charge in [0.25, 0.3) is 0 Å². The number of allylic oxidation sites excluding steroid dienone is 3. The van der Waals surface area contributed by atoms with E-state index >= 15 is 0 Å². The Morgan fingerprint density at radius 2 is 2.00 bits per heavy atom. The smallest absolute Gasteiger partial charge is 0.338 e. The van der Waals surface area contributed by atoms with E-state index < -0.39 is 0 Å². The van der Waals surface area contributed by atoms with Crippen molar-refractivity contribution in [3.63, 3.8) is 0 Å². The van der Waals surface area contributed by atoms with Crippen molar-refractivity contribution in [2.75, 3.05) is 18.5 Å². The molecule has 1 aromatic carbocycles. The van der Waals surface area contributed by atoms with Gasteiger partial charge in [0.15, 0.2) is 0 Å². The second kappa shape index (κ2) is 9.82. The van der Waals surface area contributed by atoms with Crippen molar-refractivity contribution in [1.29, 1.82) is 0 Å². The Kier molecular flexibility index (Phi) is 8.05. The number of hydrogen-bond donors (Lipinski definition) is 1. The van der Waals surface area contributed by atoms with Gasteiger partial charge in [-0.2, -0.15) is 0 Å². The number of esters is 1. The number of carbonyl (C=O) groups excluding carboxylic acids is 1. The monoisotopic (exact) mass is 301 g/mol. The molecule has 0 unspecified atom stereocenters. The highest BCUT2D eigenvalue weighted by Crippen LogP contribution is 2.12. The number of hydrogen-bond acceptors (Lipinski definition) is 3. The molecular weight excluding hydrogens is 274 g/mol. The molecule has 0 heterocycles. The molecule has 3 nitrogen and oxygen atoms in total. The van der Waals surface area contributed by atoms with Crippen molar-refractivity contribution in [1.82, 2.24) is 0 Å². The molecule has 0 fully saturated rings.